The Bertz CT molecular complexity index is 1100. The van der Waals surface area contributed by atoms with Crippen LogP contribution in [-0.4, -0.2) is 48.1 Å². The molecule has 0 saturated heterocycles. The van der Waals surface area contributed by atoms with Gasteiger partial charge < -0.3 is 19.2 Å². The summed E-state index contributed by atoms with van der Waals surface area (Å²) in [5.41, 5.74) is 3.11. The van der Waals surface area contributed by atoms with Gasteiger partial charge in [-0.25, -0.2) is 4.98 Å². The van der Waals surface area contributed by atoms with Gasteiger partial charge in [-0.1, -0.05) is 23.4 Å². The summed E-state index contributed by atoms with van der Waals surface area (Å²) in [6.07, 6.45) is 1.55. The van der Waals surface area contributed by atoms with Crippen LogP contribution in [0.4, 0.5) is 0 Å². The first-order valence-corrected chi connectivity index (χ1v) is 8.95. The van der Waals surface area contributed by atoms with Crippen molar-refractivity contribution in [2.24, 2.45) is 0 Å². The maximum absolute atomic E-state index is 12.4. The lowest BCUT2D eigenvalue weighted by Gasteiger charge is -2.10. The number of rotatable bonds is 6. The van der Waals surface area contributed by atoms with Gasteiger partial charge in [-0.15, -0.1) is 0 Å². The third kappa shape index (κ3) is 3.65. The van der Waals surface area contributed by atoms with Crippen molar-refractivity contribution in [3.05, 3.63) is 60.4 Å². The fraction of sp³-hybridized carbons (Fsp3) is 0.190. The summed E-state index contributed by atoms with van der Waals surface area (Å²) in [4.78, 5) is 18.9. The highest BCUT2D eigenvalue weighted by Crippen LogP contribution is 2.30. The van der Waals surface area contributed by atoms with Crippen molar-refractivity contribution in [1.82, 2.24) is 20.4 Å². The van der Waals surface area contributed by atoms with Crippen molar-refractivity contribution in [1.29, 1.82) is 0 Å². The minimum absolute atomic E-state index is 0.138. The lowest BCUT2D eigenvalue weighted by atomic mass is 10.1. The van der Waals surface area contributed by atoms with Crippen LogP contribution in [0.2, 0.25) is 0 Å². The molecule has 0 aliphatic rings. The second kappa shape index (κ2) is 7.66. The van der Waals surface area contributed by atoms with Crippen molar-refractivity contribution in [2.75, 3.05) is 27.2 Å². The summed E-state index contributed by atoms with van der Waals surface area (Å²) in [5.74, 6) is 0.366. The summed E-state index contributed by atoms with van der Waals surface area (Å²) in [7, 11) is 3.92. The van der Waals surface area contributed by atoms with E-state index in [4.69, 9.17) is 8.94 Å². The molecule has 0 unspecified atom stereocenters. The maximum atomic E-state index is 12.4. The van der Waals surface area contributed by atoms with Gasteiger partial charge in [-0.3, -0.25) is 4.79 Å². The van der Waals surface area contributed by atoms with E-state index in [1.807, 2.05) is 49.3 Å². The lowest BCUT2D eigenvalue weighted by Crippen LogP contribution is -2.31. The molecule has 1 amide bonds. The van der Waals surface area contributed by atoms with E-state index in [1.54, 1.807) is 24.5 Å². The fourth-order valence-corrected chi connectivity index (χ4v) is 2.86. The Hall–Kier alpha value is -3.45. The largest absolute Gasteiger partial charge is 0.444 e. The SMILES string of the molecule is CN(C)CCNC(=O)c1ccc2onc(-c3coc(-c4ccccc4)n3)c2c1. The number of aromatic nitrogens is 2. The van der Waals surface area contributed by atoms with Crippen molar-refractivity contribution >= 4 is 16.9 Å². The monoisotopic (exact) mass is 376 g/mol. The summed E-state index contributed by atoms with van der Waals surface area (Å²) in [6, 6.07) is 14.9. The summed E-state index contributed by atoms with van der Waals surface area (Å²) < 4.78 is 11.0. The quantitative estimate of drug-likeness (QED) is 0.555. The molecule has 1 N–H and O–H groups in total. The average molecular weight is 376 g/mol. The molecular formula is C21H20N4O3. The highest BCUT2D eigenvalue weighted by atomic mass is 16.5. The summed E-state index contributed by atoms with van der Waals surface area (Å²) in [5, 5.41) is 7.74. The number of hydrogen-bond acceptors (Lipinski definition) is 6. The molecule has 142 valence electrons. The lowest BCUT2D eigenvalue weighted by molar-refractivity contribution is 0.0951. The molecule has 2 heterocycles. The Morgan fingerprint density at radius 2 is 1.96 bits per heavy atom. The Labute approximate surface area is 162 Å². The molecule has 2 aromatic heterocycles. The van der Waals surface area contributed by atoms with Gasteiger partial charge in [0.15, 0.2) is 5.58 Å². The van der Waals surface area contributed by atoms with Crippen LogP contribution in [0.5, 0.6) is 0 Å². The minimum Gasteiger partial charge on any atom is -0.444 e. The van der Waals surface area contributed by atoms with Gasteiger partial charge in [0, 0.05) is 24.2 Å². The van der Waals surface area contributed by atoms with Gasteiger partial charge in [0.1, 0.15) is 17.7 Å². The molecule has 7 heteroatoms. The topological polar surface area (TPSA) is 84.4 Å². The highest BCUT2D eigenvalue weighted by Gasteiger charge is 2.17. The van der Waals surface area contributed by atoms with E-state index in [0.29, 0.717) is 40.4 Å². The normalized spacial score (nSPS) is 11.2. The van der Waals surface area contributed by atoms with Gasteiger partial charge >= 0.3 is 0 Å². The molecule has 0 bridgehead atoms. The second-order valence-corrected chi connectivity index (χ2v) is 6.71. The molecule has 4 rings (SSSR count). The van der Waals surface area contributed by atoms with Crippen LogP contribution in [0, 0.1) is 0 Å². The Morgan fingerprint density at radius 3 is 2.75 bits per heavy atom. The van der Waals surface area contributed by atoms with Gasteiger partial charge in [0.05, 0.1) is 5.39 Å². The molecule has 0 spiro atoms. The first-order valence-electron chi connectivity index (χ1n) is 8.95. The molecular weight excluding hydrogens is 356 g/mol. The van der Waals surface area contributed by atoms with E-state index in [2.05, 4.69) is 15.5 Å². The number of nitrogens with zero attached hydrogens (tertiary/aromatic N) is 3. The number of amides is 1. The first kappa shape index (κ1) is 17.9. The summed E-state index contributed by atoms with van der Waals surface area (Å²) in [6.45, 7) is 1.35. The van der Waals surface area contributed by atoms with Crippen LogP contribution in [0.1, 0.15) is 10.4 Å². The zero-order valence-electron chi connectivity index (χ0n) is 15.7. The predicted octanol–water partition coefficient (Wildman–Crippen LogP) is 3.44. The number of carbonyl (C=O) groups excluding carboxylic acids is 1. The van der Waals surface area contributed by atoms with Crippen LogP contribution < -0.4 is 5.32 Å². The number of benzene rings is 2. The number of fused-ring (bicyclic) bond motifs is 1. The predicted molar refractivity (Wildman–Crippen MR) is 106 cm³/mol. The van der Waals surface area contributed by atoms with Gasteiger partial charge in [0.25, 0.3) is 5.91 Å². The van der Waals surface area contributed by atoms with Crippen molar-refractivity contribution in [3.63, 3.8) is 0 Å². The highest BCUT2D eigenvalue weighted by molar-refractivity contribution is 6.00. The van der Waals surface area contributed by atoms with Gasteiger partial charge in [-0.05, 0) is 44.4 Å². The van der Waals surface area contributed by atoms with Crippen molar-refractivity contribution in [2.45, 2.75) is 0 Å². The standard InChI is InChI=1S/C21H20N4O3/c1-25(2)11-10-22-20(26)15-8-9-18-16(12-15)19(24-28-18)17-13-27-21(23-17)14-6-4-3-5-7-14/h3-9,12-13H,10-11H2,1-2H3,(H,22,26). The molecule has 0 aliphatic heterocycles. The van der Waals surface area contributed by atoms with Crippen LogP contribution in [-0.2, 0) is 0 Å². The molecule has 7 nitrogen and oxygen atoms in total. The summed E-state index contributed by atoms with van der Waals surface area (Å²) >= 11 is 0. The number of nitrogens with one attached hydrogen (secondary N) is 1. The van der Waals surface area contributed by atoms with E-state index in [-0.39, 0.29) is 5.91 Å². The van der Waals surface area contributed by atoms with Crippen molar-refractivity contribution < 1.29 is 13.7 Å². The minimum atomic E-state index is -0.138. The molecule has 0 atom stereocenters. The Balaban J connectivity index is 1.62. The molecule has 28 heavy (non-hydrogen) atoms. The fourth-order valence-electron chi connectivity index (χ4n) is 2.86. The van der Waals surface area contributed by atoms with Crippen LogP contribution in [0.25, 0.3) is 33.8 Å². The smallest absolute Gasteiger partial charge is 0.251 e. The third-order valence-electron chi connectivity index (χ3n) is 4.34. The second-order valence-electron chi connectivity index (χ2n) is 6.71. The van der Waals surface area contributed by atoms with E-state index in [1.165, 1.54) is 0 Å². The van der Waals surface area contributed by atoms with Crippen LogP contribution >= 0.6 is 0 Å². The molecule has 2 aromatic carbocycles. The number of hydrogen-bond donors (Lipinski definition) is 1. The number of carbonyl (C=O) groups is 1. The van der Waals surface area contributed by atoms with E-state index in [0.717, 1.165) is 12.1 Å². The molecule has 0 saturated carbocycles. The average Bonchev–Trinajstić information content (AvgIpc) is 3.34. The first-order chi connectivity index (χ1) is 13.6. The molecule has 0 radical (unpaired) electrons. The van der Waals surface area contributed by atoms with Gasteiger partial charge in [0.2, 0.25) is 5.89 Å². The van der Waals surface area contributed by atoms with E-state index in [9.17, 15) is 4.79 Å². The molecule has 0 fully saturated rings. The number of oxazole rings is 1. The Morgan fingerprint density at radius 1 is 1.14 bits per heavy atom. The molecule has 4 aromatic rings. The van der Waals surface area contributed by atoms with Crippen LogP contribution in [0.15, 0.2) is 63.7 Å². The zero-order valence-corrected chi connectivity index (χ0v) is 15.7. The Kier molecular flexibility index (Phi) is 4.90. The van der Waals surface area contributed by atoms with E-state index >= 15 is 0 Å². The van der Waals surface area contributed by atoms with Gasteiger partial charge in [-0.2, -0.15) is 0 Å². The van der Waals surface area contributed by atoms with Crippen LogP contribution in [0.3, 0.4) is 0 Å². The maximum Gasteiger partial charge on any atom is 0.251 e. The third-order valence-corrected chi connectivity index (χ3v) is 4.34. The zero-order chi connectivity index (χ0) is 19.5. The van der Waals surface area contributed by atoms with E-state index < -0.39 is 0 Å². The number of likely N-dealkylation sites (N-methyl/N-ethyl adjacent to an activating group) is 1. The van der Waals surface area contributed by atoms with Crippen molar-refractivity contribution in [3.8, 4) is 22.8 Å². The molecule has 0 aliphatic carbocycles.